The predicted octanol–water partition coefficient (Wildman–Crippen LogP) is 6.38. The van der Waals surface area contributed by atoms with E-state index in [0.29, 0.717) is 0 Å². The molecule has 0 bridgehead atoms. The lowest BCUT2D eigenvalue weighted by molar-refractivity contribution is 0.537. The van der Waals surface area contributed by atoms with Crippen LogP contribution in [-0.2, 0) is 6.54 Å². The fourth-order valence-corrected chi connectivity index (χ4v) is 3.91. The quantitative estimate of drug-likeness (QED) is 0.480. The van der Waals surface area contributed by atoms with Crippen molar-refractivity contribution < 1.29 is 0 Å². The normalized spacial score (nSPS) is 12.1. The van der Waals surface area contributed by atoms with Gasteiger partial charge in [0.2, 0.25) is 0 Å². The SMILES string of the molecule is C=CCC(NCc1ccccc1Br)c1cc(Br)cc(Br)c1. The molecule has 0 amide bonds. The molecule has 0 spiro atoms. The van der Waals surface area contributed by atoms with E-state index in [-0.39, 0.29) is 6.04 Å². The van der Waals surface area contributed by atoms with Crippen molar-refractivity contribution in [2.75, 3.05) is 0 Å². The van der Waals surface area contributed by atoms with Crippen LogP contribution in [0.1, 0.15) is 23.6 Å². The number of hydrogen-bond acceptors (Lipinski definition) is 1. The van der Waals surface area contributed by atoms with E-state index in [1.807, 2.05) is 18.2 Å². The second-order valence-electron chi connectivity index (χ2n) is 4.75. The maximum absolute atomic E-state index is 3.87. The molecule has 0 saturated carbocycles. The minimum Gasteiger partial charge on any atom is -0.306 e. The van der Waals surface area contributed by atoms with E-state index in [0.717, 1.165) is 26.4 Å². The van der Waals surface area contributed by atoms with Gasteiger partial charge in [-0.25, -0.2) is 0 Å². The van der Waals surface area contributed by atoms with Gasteiger partial charge >= 0.3 is 0 Å². The Morgan fingerprint density at radius 2 is 1.71 bits per heavy atom. The zero-order valence-corrected chi connectivity index (χ0v) is 16.2. The average molecular weight is 474 g/mol. The summed E-state index contributed by atoms with van der Waals surface area (Å²) in [5.41, 5.74) is 2.49. The molecule has 0 radical (unpaired) electrons. The van der Waals surface area contributed by atoms with Gasteiger partial charge in [0.05, 0.1) is 0 Å². The Balaban J connectivity index is 2.15. The van der Waals surface area contributed by atoms with Gasteiger partial charge in [0.15, 0.2) is 0 Å². The summed E-state index contributed by atoms with van der Waals surface area (Å²) in [4.78, 5) is 0. The molecule has 1 N–H and O–H groups in total. The van der Waals surface area contributed by atoms with Gasteiger partial charge in [-0.05, 0) is 41.8 Å². The van der Waals surface area contributed by atoms with Crippen LogP contribution in [0, 0.1) is 0 Å². The van der Waals surface area contributed by atoms with Crippen molar-refractivity contribution in [3.63, 3.8) is 0 Å². The molecule has 0 heterocycles. The van der Waals surface area contributed by atoms with Crippen molar-refractivity contribution in [3.05, 3.63) is 79.7 Å². The van der Waals surface area contributed by atoms with Crippen molar-refractivity contribution in [2.45, 2.75) is 19.0 Å². The standard InChI is InChI=1S/C17H16Br3N/c1-2-5-17(13-8-14(18)10-15(19)9-13)21-11-12-6-3-4-7-16(12)20/h2-4,6-10,17,21H,1,5,11H2. The maximum atomic E-state index is 3.87. The Kier molecular flexibility index (Phi) is 6.68. The minimum absolute atomic E-state index is 0.239. The number of halogens is 3. The van der Waals surface area contributed by atoms with E-state index in [2.05, 4.69) is 90.0 Å². The van der Waals surface area contributed by atoms with Crippen LogP contribution in [0.5, 0.6) is 0 Å². The molecule has 0 aromatic heterocycles. The van der Waals surface area contributed by atoms with E-state index in [1.54, 1.807) is 0 Å². The first kappa shape index (κ1) is 16.9. The van der Waals surface area contributed by atoms with E-state index in [4.69, 9.17) is 0 Å². The van der Waals surface area contributed by atoms with Crippen LogP contribution in [-0.4, -0.2) is 0 Å². The highest BCUT2D eigenvalue weighted by molar-refractivity contribution is 9.11. The van der Waals surface area contributed by atoms with E-state index in [1.165, 1.54) is 11.1 Å². The van der Waals surface area contributed by atoms with Gasteiger partial charge in [-0.1, -0.05) is 72.1 Å². The van der Waals surface area contributed by atoms with Crippen LogP contribution < -0.4 is 5.32 Å². The monoisotopic (exact) mass is 471 g/mol. The fraction of sp³-hybridized carbons (Fsp3) is 0.176. The molecule has 0 aliphatic rings. The second kappa shape index (κ2) is 8.28. The van der Waals surface area contributed by atoms with Crippen molar-refractivity contribution in [3.8, 4) is 0 Å². The van der Waals surface area contributed by atoms with Crippen molar-refractivity contribution in [1.82, 2.24) is 5.32 Å². The smallest absolute Gasteiger partial charge is 0.0358 e. The molecule has 2 aromatic rings. The Morgan fingerprint density at radius 1 is 1.05 bits per heavy atom. The molecule has 2 rings (SSSR count). The van der Waals surface area contributed by atoms with E-state index in [9.17, 15) is 0 Å². The molecule has 1 atom stereocenters. The first-order valence-corrected chi connectivity index (χ1v) is 9.01. The van der Waals surface area contributed by atoms with Gasteiger partial charge in [0.1, 0.15) is 0 Å². The molecular weight excluding hydrogens is 458 g/mol. The van der Waals surface area contributed by atoms with Crippen LogP contribution >= 0.6 is 47.8 Å². The van der Waals surface area contributed by atoms with Crippen LogP contribution in [0.25, 0.3) is 0 Å². The summed E-state index contributed by atoms with van der Waals surface area (Å²) >= 11 is 10.7. The van der Waals surface area contributed by atoms with Crippen LogP contribution in [0.3, 0.4) is 0 Å². The molecule has 4 heteroatoms. The number of hydrogen-bond donors (Lipinski definition) is 1. The Hall–Kier alpha value is -0.420. The summed E-state index contributed by atoms with van der Waals surface area (Å²) in [5.74, 6) is 0. The summed E-state index contributed by atoms with van der Waals surface area (Å²) in [6.07, 6.45) is 2.83. The third-order valence-corrected chi connectivity index (χ3v) is 4.88. The molecule has 0 fully saturated rings. The highest BCUT2D eigenvalue weighted by atomic mass is 79.9. The molecule has 110 valence electrons. The van der Waals surface area contributed by atoms with Gasteiger partial charge in [0.25, 0.3) is 0 Å². The van der Waals surface area contributed by atoms with Gasteiger partial charge in [-0.3, -0.25) is 0 Å². The Labute approximate surface area is 151 Å². The van der Waals surface area contributed by atoms with Crippen molar-refractivity contribution in [2.24, 2.45) is 0 Å². The second-order valence-corrected chi connectivity index (χ2v) is 7.44. The zero-order chi connectivity index (χ0) is 15.2. The van der Waals surface area contributed by atoms with Crippen LogP contribution in [0.4, 0.5) is 0 Å². The largest absolute Gasteiger partial charge is 0.306 e. The predicted molar refractivity (Wildman–Crippen MR) is 100 cm³/mol. The van der Waals surface area contributed by atoms with Gasteiger partial charge < -0.3 is 5.32 Å². The molecule has 0 saturated heterocycles. The summed E-state index contributed by atoms with van der Waals surface area (Å²) in [6.45, 7) is 4.68. The Morgan fingerprint density at radius 3 is 2.33 bits per heavy atom. The van der Waals surface area contributed by atoms with Crippen molar-refractivity contribution >= 4 is 47.8 Å². The molecule has 21 heavy (non-hydrogen) atoms. The third-order valence-electron chi connectivity index (χ3n) is 3.19. The summed E-state index contributed by atoms with van der Waals surface area (Å²) in [5, 5.41) is 3.61. The molecule has 0 aliphatic heterocycles. The van der Waals surface area contributed by atoms with Gasteiger partial charge in [-0.15, -0.1) is 6.58 Å². The fourth-order valence-electron chi connectivity index (χ4n) is 2.16. The van der Waals surface area contributed by atoms with E-state index < -0.39 is 0 Å². The van der Waals surface area contributed by atoms with Gasteiger partial charge in [-0.2, -0.15) is 0 Å². The summed E-state index contributed by atoms with van der Waals surface area (Å²) < 4.78 is 3.28. The Bertz CT molecular complexity index is 605. The maximum Gasteiger partial charge on any atom is 0.0358 e. The third kappa shape index (κ3) is 5.06. The lowest BCUT2D eigenvalue weighted by Gasteiger charge is -2.19. The molecule has 2 aromatic carbocycles. The number of benzene rings is 2. The zero-order valence-electron chi connectivity index (χ0n) is 11.5. The highest BCUT2D eigenvalue weighted by Gasteiger charge is 2.11. The molecule has 0 aliphatic carbocycles. The van der Waals surface area contributed by atoms with Crippen LogP contribution in [0.2, 0.25) is 0 Å². The number of nitrogens with one attached hydrogen (secondary N) is 1. The lowest BCUT2D eigenvalue weighted by Crippen LogP contribution is -2.20. The molecule has 1 nitrogen and oxygen atoms in total. The summed E-state index contributed by atoms with van der Waals surface area (Å²) in [6, 6.07) is 14.8. The average Bonchev–Trinajstić information content (AvgIpc) is 2.44. The van der Waals surface area contributed by atoms with E-state index >= 15 is 0 Å². The first-order chi connectivity index (χ1) is 10.1. The topological polar surface area (TPSA) is 12.0 Å². The lowest BCUT2D eigenvalue weighted by atomic mass is 10.0. The first-order valence-electron chi connectivity index (χ1n) is 6.64. The molecule has 1 unspecified atom stereocenters. The van der Waals surface area contributed by atoms with Crippen molar-refractivity contribution in [1.29, 1.82) is 0 Å². The summed E-state index contributed by atoms with van der Waals surface area (Å²) in [7, 11) is 0. The molecular formula is C17H16Br3N. The van der Waals surface area contributed by atoms with Crippen LogP contribution in [0.15, 0.2) is 68.5 Å². The van der Waals surface area contributed by atoms with Gasteiger partial charge in [0, 0.05) is 26.0 Å². The minimum atomic E-state index is 0.239. The number of rotatable bonds is 6. The highest BCUT2D eigenvalue weighted by Crippen LogP contribution is 2.27.